The first-order valence-electron chi connectivity index (χ1n) is 13.1. The van der Waals surface area contributed by atoms with Gasteiger partial charge in [0.15, 0.2) is 11.6 Å². The lowest BCUT2D eigenvalue weighted by molar-refractivity contribution is 0.0414. The molecule has 0 bridgehead atoms. The van der Waals surface area contributed by atoms with E-state index in [0.717, 1.165) is 43.9 Å². The lowest BCUT2D eigenvalue weighted by Crippen LogP contribution is -2.30. The summed E-state index contributed by atoms with van der Waals surface area (Å²) in [7, 11) is 0. The maximum absolute atomic E-state index is 14.6. The maximum Gasteiger partial charge on any atom is 0.200 e. The van der Waals surface area contributed by atoms with Gasteiger partial charge in [0.1, 0.15) is 6.10 Å². The summed E-state index contributed by atoms with van der Waals surface area (Å²) in [5.74, 6) is 0.734. The maximum atomic E-state index is 14.6. The SMILES string of the molecule is CCCC1CCC(C2=COC(C3CCC(c4ccc(OCC)c(F)c4F)CC3)CC2)CC1. The number of allylic oxidation sites excluding steroid dienone is 1. The van der Waals surface area contributed by atoms with E-state index in [9.17, 15) is 8.78 Å². The van der Waals surface area contributed by atoms with Crippen LogP contribution in [0.15, 0.2) is 24.0 Å². The average molecular weight is 447 g/mol. The van der Waals surface area contributed by atoms with Crippen molar-refractivity contribution in [3.63, 3.8) is 0 Å². The smallest absolute Gasteiger partial charge is 0.200 e. The van der Waals surface area contributed by atoms with Gasteiger partial charge < -0.3 is 9.47 Å². The fourth-order valence-electron chi connectivity index (χ4n) is 6.42. The Morgan fingerprint density at radius 1 is 0.875 bits per heavy atom. The summed E-state index contributed by atoms with van der Waals surface area (Å²) in [6.45, 7) is 4.40. The molecule has 2 nitrogen and oxygen atoms in total. The van der Waals surface area contributed by atoms with Gasteiger partial charge in [-0.25, -0.2) is 4.39 Å². The molecule has 3 aliphatic rings. The highest BCUT2D eigenvalue weighted by molar-refractivity contribution is 5.33. The van der Waals surface area contributed by atoms with E-state index in [0.29, 0.717) is 18.1 Å². The van der Waals surface area contributed by atoms with Gasteiger partial charge in [-0.15, -0.1) is 0 Å². The van der Waals surface area contributed by atoms with Crippen LogP contribution in [-0.2, 0) is 4.74 Å². The van der Waals surface area contributed by atoms with Gasteiger partial charge in [0.25, 0.3) is 0 Å². The Bertz CT molecular complexity index is 774. The molecule has 1 atom stereocenters. The third-order valence-corrected chi connectivity index (χ3v) is 8.29. The molecule has 0 saturated heterocycles. The van der Waals surface area contributed by atoms with E-state index < -0.39 is 11.6 Å². The van der Waals surface area contributed by atoms with Crippen LogP contribution in [0.25, 0.3) is 0 Å². The Hall–Kier alpha value is -1.58. The zero-order valence-corrected chi connectivity index (χ0v) is 19.9. The number of rotatable bonds is 7. The van der Waals surface area contributed by atoms with Gasteiger partial charge in [-0.2, -0.15) is 4.39 Å². The fourth-order valence-corrected chi connectivity index (χ4v) is 6.42. The van der Waals surface area contributed by atoms with Crippen LogP contribution in [-0.4, -0.2) is 12.7 Å². The van der Waals surface area contributed by atoms with Crippen molar-refractivity contribution in [1.29, 1.82) is 0 Å². The summed E-state index contributed by atoms with van der Waals surface area (Å²) in [6, 6.07) is 3.30. The normalized spacial score (nSPS) is 31.0. The predicted octanol–water partition coefficient (Wildman–Crippen LogP) is 8.31. The number of ether oxygens (including phenoxy) is 2. The molecule has 0 aromatic heterocycles. The molecule has 178 valence electrons. The highest BCUT2D eigenvalue weighted by atomic mass is 19.2. The number of benzene rings is 1. The van der Waals surface area contributed by atoms with Crippen molar-refractivity contribution < 1.29 is 18.3 Å². The molecule has 2 fully saturated rings. The van der Waals surface area contributed by atoms with Gasteiger partial charge in [0.05, 0.1) is 12.9 Å². The van der Waals surface area contributed by atoms with E-state index in [-0.39, 0.29) is 17.8 Å². The van der Waals surface area contributed by atoms with Crippen molar-refractivity contribution in [2.24, 2.45) is 17.8 Å². The molecule has 0 amide bonds. The molecule has 0 radical (unpaired) electrons. The van der Waals surface area contributed by atoms with Crippen LogP contribution in [0.3, 0.4) is 0 Å². The molecule has 1 heterocycles. The first-order valence-corrected chi connectivity index (χ1v) is 13.1. The molecule has 1 aromatic carbocycles. The van der Waals surface area contributed by atoms with Crippen molar-refractivity contribution in [3.8, 4) is 5.75 Å². The lowest BCUT2D eigenvalue weighted by Gasteiger charge is -2.37. The summed E-state index contributed by atoms with van der Waals surface area (Å²) in [4.78, 5) is 0. The molecule has 0 spiro atoms. The van der Waals surface area contributed by atoms with Crippen LogP contribution in [0.1, 0.15) is 102 Å². The fraction of sp³-hybridized carbons (Fsp3) is 0.714. The molecule has 1 unspecified atom stereocenters. The van der Waals surface area contributed by atoms with E-state index in [2.05, 4.69) is 13.2 Å². The summed E-state index contributed by atoms with van der Waals surface area (Å²) >= 11 is 0. The summed E-state index contributed by atoms with van der Waals surface area (Å²) in [5.41, 5.74) is 2.05. The van der Waals surface area contributed by atoms with Crippen molar-refractivity contribution in [2.45, 2.75) is 103 Å². The van der Waals surface area contributed by atoms with E-state index in [1.807, 2.05) is 0 Å². The highest BCUT2D eigenvalue weighted by Gasteiger charge is 2.33. The molecule has 4 rings (SSSR count). The van der Waals surface area contributed by atoms with Crippen LogP contribution in [0.2, 0.25) is 0 Å². The molecule has 0 N–H and O–H groups in total. The monoisotopic (exact) mass is 446 g/mol. The molecular formula is C28H40F2O2. The van der Waals surface area contributed by atoms with Crippen LogP contribution < -0.4 is 4.74 Å². The van der Waals surface area contributed by atoms with Crippen molar-refractivity contribution in [3.05, 3.63) is 41.2 Å². The van der Waals surface area contributed by atoms with Crippen molar-refractivity contribution in [1.82, 2.24) is 0 Å². The van der Waals surface area contributed by atoms with Gasteiger partial charge in [0, 0.05) is 0 Å². The summed E-state index contributed by atoms with van der Waals surface area (Å²) < 4.78 is 40.4. The standard InChI is InChI=1S/C28H40F2O2/c1-3-5-19-6-8-20(9-7-19)23-14-16-25(32-18-23)22-12-10-21(11-13-22)24-15-17-26(31-4-2)28(30)27(24)29/h15,17-22,25H,3-14,16H2,1-2H3. The Balaban J connectivity index is 1.27. The van der Waals surface area contributed by atoms with Gasteiger partial charge in [-0.1, -0.05) is 25.8 Å². The zero-order valence-electron chi connectivity index (χ0n) is 19.9. The Morgan fingerprint density at radius 3 is 2.22 bits per heavy atom. The Morgan fingerprint density at radius 2 is 1.59 bits per heavy atom. The molecular weight excluding hydrogens is 406 g/mol. The van der Waals surface area contributed by atoms with Crippen LogP contribution in [0.4, 0.5) is 8.78 Å². The van der Waals surface area contributed by atoms with Gasteiger partial charge in [-0.05, 0) is 112 Å². The van der Waals surface area contributed by atoms with Crippen molar-refractivity contribution >= 4 is 0 Å². The van der Waals surface area contributed by atoms with Crippen LogP contribution in [0, 0.1) is 29.4 Å². The number of halogens is 2. The topological polar surface area (TPSA) is 18.5 Å². The predicted molar refractivity (Wildman–Crippen MR) is 125 cm³/mol. The zero-order chi connectivity index (χ0) is 22.5. The number of hydrogen-bond acceptors (Lipinski definition) is 2. The largest absolute Gasteiger partial charge is 0.498 e. The minimum absolute atomic E-state index is 0.0134. The minimum atomic E-state index is -0.844. The summed E-state index contributed by atoms with van der Waals surface area (Å²) in [6.07, 6.45) is 16.6. The second-order valence-electron chi connectivity index (χ2n) is 10.2. The Labute approximate surface area is 192 Å². The van der Waals surface area contributed by atoms with E-state index >= 15 is 0 Å². The van der Waals surface area contributed by atoms with Gasteiger partial charge in [0.2, 0.25) is 5.82 Å². The third kappa shape index (κ3) is 5.31. The van der Waals surface area contributed by atoms with Crippen LogP contribution >= 0.6 is 0 Å². The lowest BCUT2D eigenvalue weighted by atomic mass is 9.73. The molecule has 1 aliphatic heterocycles. The number of hydrogen-bond donors (Lipinski definition) is 0. The highest BCUT2D eigenvalue weighted by Crippen LogP contribution is 2.43. The quantitative estimate of drug-likeness (QED) is 0.419. The minimum Gasteiger partial charge on any atom is -0.498 e. The van der Waals surface area contributed by atoms with Gasteiger partial charge >= 0.3 is 0 Å². The van der Waals surface area contributed by atoms with Crippen LogP contribution in [0.5, 0.6) is 5.75 Å². The second kappa shape index (κ2) is 11.0. The van der Waals surface area contributed by atoms with E-state index in [1.54, 1.807) is 19.1 Å². The van der Waals surface area contributed by atoms with E-state index in [4.69, 9.17) is 9.47 Å². The molecule has 4 heteroatoms. The second-order valence-corrected chi connectivity index (χ2v) is 10.2. The molecule has 32 heavy (non-hydrogen) atoms. The average Bonchev–Trinajstić information content (AvgIpc) is 2.83. The Kier molecular flexibility index (Phi) is 8.12. The molecule has 1 aromatic rings. The first-order chi connectivity index (χ1) is 15.6. The van der Waals surface area contributed by atoms with Gasteiger partial charge in [-0.3, -0.25) is 0 Å². The summed E-state index contributed by atoms with van der Waals surface area (Å²) in [5, 5.41) is 0. The van der Waals surface area contributed by atoms with Crippen molar-refractivity contribution in [2.75, 3.05) is 6.61 Å². The third-order valence-electron chi connectivity index (χ3n) is 8.29. The molecule has 2 saturated carbocycles. The molecule has 2 aliphatic carbocycles. The van der Waals surface area contributed by atoms with E-state index in [1.165, 1.54) is 50.5 Å². The first kappa shape index (κ1) is 23.6.